The van der Waals surface area contributed by atoms with Crippen molar-refractivity contribution in [2.45, 2.75) is 38.8 Å². The summed E-state index contributed by atoms with van der Waals surface area (Å²) < 4.78 is 13.4. The lowest BCUT2D eigenvalue weighted by molar-refractivity contribution is 0.0663. The monoisotopic (exact) mass is 250 g/mol. The number of piperidine rings is 1. The van der Waals surface area contributed by atoms with E-state index in [2.05, 4.69) is 18.7 Å². The van der Waals surface area contributed by atoms with Gasteiger partial charge in [0.1, 0.15) is 5.82 Å². The van der Waals surface area contributed by atoms with E-state index < -0.39 is 0 Å². The van der Waals surface area contributed by atoms with E-state index in [0.29, 0.717) is 18.5 Å². The van der Waals surface area contributed by atoms with E-state index in [9.17, 15) is 4.39 Å². The Kier molecular flexibility index (Phi) is 4.36. The largest absolute Gasteiger partial charge is 0.330 e. The third-order valence-corrected chi connectivity index (χ3v) is 3.95. The Morgan fingerprint density at radius 1 is 1.44 bits per heavy atom. The molecule has 0 aromatic heterocycles. The lowest BCUT2D eigenvalue weighted by Crippen LogP contribution is -2.45. The molecule has 18 heavy (non-hydrogen) atoms. The summed E-state index contributed by atoms with van der Waals surface area (Å²) in [7, 11) is 0. The Bertz CT molecular complexity index is 392. The summed E-state index contributed by atoms with van der Waals surface area (Å²) in [5, 5.41) is 0. The highest BCUT2D eigenvalue weighted by Crippen LogP contribution is 2.36. The van der Waals surface area contributed by atoms with Gasteiger partial charge in [-0.1, -0.05) is 12.1 Å². The molecule has 1 aromatic rings. The zero-order valence-electron chi connectivity index (χ0n) is 11.3. The number of nitrogens with zero attached hydrogens (tertiary/aromatic N) is 1. The summed E-state index contributed by atoms with van der Waals surface area (Å²) in [4.78, 5) is 2.45. The summed E-state index contributed by atoms with van der Waals surface area (Å²) in [5.74, 6) is 0.278. The van der Waals surface area contributed by atoms with Crippen LogP contribution in [0.5, 0.6) is 0 Å². The quantitative estimate of drug-likeness (QED) is 0.893. The minimum atomic E-state index is -0.155. The van der Waals surface area contributed by atoms with Crippen molar-refractivity contribution in [2.24, 2.45) is 11.7 Å². The fraction of sp³-hybridized carbons (Fsp3) is 0.600. The molecule has 3 heteroatoms. The Hall–Kier alpha value is -0.930. The summed E-state index contributed by atoms with van der Waals surface area (Å²) in [6.45, 7) is 6.15. The number of benzene rings is 1. The number of rotatable bonds is 3. The van der Waals surface area contributed by atoms with Crippen molar-refractivity contribution < 1.29 is 4.39 Å². The van der Waals surface area contributed by atoms with Crippen LogP contribution in [-0.2, 0) is 0 Å². The topological polar surface area (TPSA) is 29.3 Å². The second kappa shape index (κ2) is 5.81. The van der Waals surface area contributed by atoms with Crippen molar-refractivity contribution in [2.75, 3.05) is 13.1 Å². The Labute approximate surface area is 109 Å². The average molecular weight is 250 g/mol. The standard InChI is InChI=1S/C15H23FN2/c1-11(2)18-8-4-6-13(10-17)15(18)12-5-3-7-14(16)9-12/h3,5,7,9,11,13,15H,4,6,8,10,17H2,1-2H3. The molecule has 0 aliphatic carbocycles. The van der Waals surface area contributed by atoms with Crippen LogP contribution in [0, 0.1) is 11.7 Å². The molecular weight excluding hydrogens is 227 g/mol. The van der Waals surface area contributed by atoms with Gasteiger partial charge >= 0.3 is 0 Å². The van der Waals surface area contributed by atoms with Gasteiger partial charge in [-0.15, -0.1) is 0 Å². The molecule has 2 N–H and O–H groups in total. The van der Waals surface area contributed by atoms with E-state index in [1.165, 1.54) is 12.5 Å². The van der Waals surface area contributed by atoms with Gasteiger partial charge in [-0.05, 0) is 63.4 Å². The first-order chi connectivity index (χ1) is 8.63. The van der Waals surface area contributed by atoms with Crippen LogP contribution in [0.25, 0.3) is 0 Å². The van der Waals surface area contributed by atoms with E-state index in [0.717, 1.165) is 18.5 Å². The lowest BCUT2D eigenvalue weighted by atomic mass is 9.84. The van der Waals surface area contributed by atoms with Crippen molar-refractivity contribution in [1.29, 1.82) is 0 Å². The lowest BCUT2D eigenvalue weighted by Gasteiger charge is -2.43. The van der Waals surface area contributed by atoms with Crippen LogP contribution in [0.1, 0.15) is 38.3 Å². The Morgan fingerprint density at radius 2 is 2.22 bits per heavy atom. The number of likely N-dealkylation sites (tertiary alicyclic amines) is 1. The highest BCUT2D eigenvalue weighted by atomic mass is 19.1. The normalized spacial score (nSPS) is 25.6. The Morgan fingerprint density at radius 3 is 2.83 bits per heavy atom. The summed E-state index contributed by atoms with van der Waals surface area (Å²) in [5.41, 5.74) is 6.98. The highest BCUT2D eigenvalue weighted by Gasteiger charge is 2.33. The fourth-order valence-corrected chi connectivity index (χ4v) is 3.08. The summed E-state index contributed by atoms with van der Waals surface area (Å²) >= 11 is 0. The fourth-order valence-electron chi connectivity index (χ4n) is 3.08. The predicted octanol–water partition coefficient (Wildman–Crippen LogP) is 2.95. The van der Waals surface area contributed by atoms with E-state index in [1.807, 2.05) is 6.07 Å². The highest BCUT2D eigenvalue weighted by molar-refractivity contribution is 5.22. The molecule has 1 aliphatic rings. The number of nitrogens with two attached hydrogens (primary N) is 1. The molecule has 1 heterocycles. The first kappa shape index (κ1) is 13.5. The van der Waals surface area contributed by atoms with Gasteiger partial charge < -0.3 is 5.73 Å². The zero-order chi connectivity index (χ0) is 13.1. The van der Waals surface area contributed by atoms with E-state index in [1.54, 1.807) is 12.1 Å². The Balaban J connectivity index is 2.33. The maximum absolute atomic E-state index is 13.4. The van der Waals surface area contributed by atoms with Crippen LogP contribution in [0.3, 0.4) is 0 Å². The maximum atomic E-state index is 13.4. The second-order valence-corrected chi connectivity index (χ2v) is 5.47. The van der Waals surface area contributed by atoms with Crippen LogP contribution in [0.15, 0.2) is 24.3 Å². The van der Waals surface area contributed by atoms with E-state index >= 15 is 0 Å². The molecule has 100 valence electrons. The smallest absolute Gasteiger partial charge is 0.123 e. The summed E-state index contributed by atoms with van der Waals surface area (Å²) in [6, 6.07) is 7.71. The minimum Gasteiger partial charge on any atom is -0.330 e. The van der Waals surface area contributed by atoms with Gasteiger partial charge in [0.25, 0.3) is 0 Å². The molecule has 2 rings (SSSR count). The van der Waals surface area contributed by atoms with Crippen molar-refractivity contribution >= 4 is 0 Å². The summed E-state index contributed by atoms with van der Waals surface area (Å²) in [6.07, 6.45) is 2.33. The third kappa shape index (κ3) is 2.73. The first-order valence-electron chi connectivity index (χ1n) is 6.84. The van der Waals surface area contributed by atoms with Gasteiger partial charge in [-0.3, -0.25) is 4.90 Å². The number of hydrogen-bond acceptors (Lipinski definition) is 2. The minimum absolute atomic E-state index is 0.155. The van der Waals surface area contributed by atoms with Crippen LogP contribution >= 0.6 is 0 Å². The van der Waals surface area contributed by atoms with Crippen LogP contribution in [0.2, 0.25) is 0 Å². The first-order valence-corrected chi connectivity index (χ1v) is 6.84. The average Bonchev–Trinajstić information content (AvgIpc) is 2.37. The molecule has 1 saturated heterocycles. The van der Waals surface area contributed by atoms with Crippen molar-refractivity contribution in [3.05, 3.63) is 35.6 Å². The van der Waals surface area contributed by atoms with Crippen molar-refractivity contribution in [3.8, 4) is 0 Å². The molecule has 1 fully saturated rings. The molecule has 1 aromatic carbocycles. The van der Waals surface area contributed by atoms with E-state index in [4.69, 9.17) is 5.73 Å². The van der Waals surface area contributed by atoms with Gasteiger partial charge in [0.2, 0.25) is 0 Å². The molecule has 0 bridgehead atoms. The van der Waals surface area contributed by atoms with Gasteiger partial charge in [0.15, 0.2) is 0 Å². The van der Waals surface area contributed by atoms with E-state index in [-0.39, 0.29) is 11.9 Å². The van der Waals surface area contributed by atoms with Crippen LogP contribution in [0.4, 0.5) is 4.39 Å². The molecule has 2 nitrogen and oxygen atoms in total. The molecule has 0 spiro atoms. The molecule has 0 amide bonds. The van der Waals surface area contributed by atoms with Gasteiger partial charge in [-0.2, -0.15) is 0 Å². The second-order valence-electron chi connectivity index (χ2n) is 5.47. The number of halogens is 1. The molecule has 0 radical (unpaired) electrons. The number of hydrogen-bond donors (Lipinski definition) is 1. The van der Waals surface area contributed by atoms with Crippen molar-refractivity contribution in [1.82, 2.24) is 4.90 Å². The third-order valence-electron chi connectivity index (χ3n) is 3.95. The SMILES string of the molecule is CC(C)N1CCCC(CN)C1c1cccc(F)c1. The van der Waals surface area contributed by atoms with Crippen LogP contribution < -0.4 is 5.73 Å². The molecule has 0 saturated carbocycles. The molecular formula is C15H23FN2. The predicted molar refractivity (Wildman–Crippen MR) is 72.8 cm³/mol. The zero-order valence-corrected chi connectivity index (χ0v) is 11.3. The maximum Gasteiger partial charge on any atom is 0.123 e. The van der Waals surface area contributed by atoms with Gasteiger partial charge in [0, 0.05) is 12.1 Å². The van der Waals surface area contributed by atoms with Crippen molar-refractivity contribution in [3.63, 3.8) is 0 Å². The molecule has 2 unspecified atom stereocenters. The van der Waals surface area contributed by atoms with Crippen LogP contribution in [-0.4, -0.2) is 24.0 Å². The molecule has 2 atom stereocenters. The molecule has 1 aliphatic heterocycles. The van der Waals surface area contributed by atoms with Gasteiger partial charge in [-0.25, -0.2) is 4.39 Å². The van der Waals surface area contributed by atoms with Gasteiger partial charge in [0.05, 0.1) is 0 Å².